The number of hydrogen-bond donors (Lipinski definition) is 2. The third-order valence-corrected chi connectivity index (χ3v) is 2.48. The topological polar surface area (TPSA) is 33.9 Å². The molecule has 1 rings (SSSR count). The van der Waals surface area contributed by atoms with E-state index >= 15 is 0 Å². The standard InChI is InChI=1S/C9H16F3NO2/c1-6-3-13(4-7(2)15-6)5-8(14)9(10,11)12/h6-8,14H,3-5H2,1-2H3/p+1/t6-,7-,8-/m0/s1. The maximum absolute atomic E-state index is 12.1. The average Bonchev–Trinajstić information content (AvgIpc) is 1.99. The van der Waals surface area contributed by atoms with Crippen molar-refractivity contribution in [3.8, 4) is 0 Å². The van der Waals surface area contributed by atoms with Crippen molar-refractivity contribution < 1.29 is 27.9 Å². The molecular formula is C9H17F3NO2+. The van der Waals surface area contributed by atoms with Crippen LogP contribution in [0.15, 0.2) is 0 Å². The number of rotatable bonds is 2. The summed E-state index contributed by atoms with van der Waals surface area (Å²) in [5.41, 5.74) is 0. The van der Waals surface area contributed by atoms with Gasteiger partial charge < -0.3 is 14.7 Å². The molecule has 0 aromatic carbocycles. The highest BCUT2D eigenvalue weighted by atomic mass is 19.4. The smallest absolute Gasteiger partial charge is 0.379 e. The molecule has 0 unspecified atom stereocenters. The number of nitrogens with one attached hydrogen (secondary N) is 1. The van der Waals surface area contributed by atoms with Gasteiger partial charge in [-0.15, -0.1) is 0 Å². The molecule has 0 saturated carbocycles. The molecule has 0 aromatic rings. The molecule has 0 bridgehead atoms. The fourth-order valence-corrected chi connectivity index (χ4v) is 1.95. The van der Waals surface area contributed by atoms with E-state index in [9.17, 15) is 13.2 Å². The quantitative estimate of drug-likeness (QED) is 0.674. The van der Waals surface area contributed by atoms with Gasteiger partial charge in [0, 0.05) is 0 Å². The Morgan fingerprint density at radius 2 is 1.80 bits per heavy atom. The zero-order chi connectivity index (χ0) is 11.6. The summed E-state index contributed by atoms with van der Waals surface area (Å²) < 4.78 is 41.7. The molecule has 1 aliphatic heterocycles. The van der Waals surface area contributed by atoms with Gasteiger partial charge in [-0.3, -0.25) is 0 Å². The third-order valence-electron chi connectivity index (χ3n) is 2.48. The molecule has 0 spiro atoms. The SMILES string of the molecule is C[C@H]1C[NH+](C[C@H](O)C(F)(F)F)C[C@H](C)O1. The van der Waals surface area contributed by atoms with E-state index in [1.807, 2.05) is 13.8 Å². The summed E-state index contributed by atoms with van der Waals surface area (Å²) in [4.78, 5) is 0.742. The second-order valence-corrected chi connectivity index (χ2v) is 4.18. The number of ether oxygens (including phenoxy) is 1. The second kappa shape index (κ2) is 4.67. The largest absolute Gasteiger partial charge is 0.419 e. The molecule has 0 amide bonds. The minimum Gasteiger partial charge on any atom is -0.379 e. The molecule has 3 atom stereocenters. The summed E-state index contributed by atoms with van der Waals surface area (Å²) in [5.74, 6) is 0. The summed E-state index contributed by atoms with van der Waals surface area (Å²) in [6.07, 6.45) is -6.85. The van der Waals surface area contributed by atoms with Gasteiger partial charge in [0.05, 0.1) is 0 Å². The first-order chi connectivity index (χ1) is 6.79. The van der Waals surface area contributed by atoms with Gasteiger partial charge >= 0.3 is 6.18 Å². The minimum absolute atomic E-state index is 0.0517. The van der Waals surface area contributed by atoms with E-state index in [1.54, 1.807) is 0 Å². The third kappa shape index (κ3) is 3.96. The number of aliphatic hydroxyl groups excluding tert-OH is 1. The number of quaternary nitrogens is 1. The maximum Gasteiger partial charge on any atom is 0.419 e. The van der Waals surface area contributed by atoms with Crippen molar-refractivity contribution in [3.05, 3.63) is 0 Å². The van der Waals surface area contributed by atoms with Gasteiger partial charge in [-0.2, -0.15) is 13.2 Å². The van der Waals surface area contributed by atoms with Crippen molar-refractivity contribution >= 4 is 0 Å². The van der Waals surface area contributed by atoms with E-state index in [-0.39, 0.29) is 18.8 Å². The van der Waals surface area contributed by atoms with Crippen molar-refractivity contribution in [2.75, 3.05) is 19.6 Å². The van der Waals surface area contributed by atoms with E-state index in [0.717, 1.165) is 4.90 Å². The molecule has 15 heavy (non-hydrogen) atoms. The van der Waals surface area contributed by atoms with Crippen LogP contribution in [-0.4, -0.2) is 49.2 Å². The Balaban J connectivity index is 2.44. The Labute approximate surface area is 86.8 Å². The van der Waals surface area contributed by atoms with Crippen LogP contribution >= 0.6 is 0 Å². The Kier molecular flexibility index (Phi) is 3.97. The van der Waals surface area contributed by atoms with Gasteiger partial charge in [0.15, 0.2) is 6.10 Å². The van der Waals surface area contributed by atoms with Gasteiger partial charge in [0.2, 0.25) is 0 Å². The van der Waals surface area contributed by atoms with Crippen LogP contribution in [0.3, 0.4) is 0 Å². The summed E-state index contributed by atoms with van der Waals surface area (Å²) in [6, 6.07) is 0. The molecule has 6 heteroatoms. The molecular weight excluding hydrogens is 211 g/mol. The number of morpholine rings is 1. The van der Waals surface area contributed by atoms with Crippen LogP contribution in [-0.2, 0) is 4.74 Å². The highest BCUT2D eigenvalue weighted by molar-refractivity contribution is 4.65. The lowest BCUT2D eigenvalue weighted by molar-refractivity contribution is -0.919. The van der Waals surface area contributed by atoms with Crippen LogP contribution in [0.4, 0.5) is 13.2 Å². The van der Waals surface area contributed by atoms with Gasteiger partial charge in [-0.1, -0.05) is 0 Å². The summed E-state index contributed by atoms with van der Waals surface area (Å²) in [5, 5.41) is 8.92. The molecule has 2 N–H and O–H groups in total. The molecule has 1 aliphatic rings. The van der Waals surface area contributed by atoms with Crippen LogP contribution in [0.2, 0.25) is 0 Å². The van der Waals surface area contributed by atoms with Gasteiger partial charge in [0.25, 0.3) is 0 Å². The van der Waals surface area contributed by atoms with Crippen molar-refractivity contribution in [2.45, 2.75) is 38.3 Å². The van der Waals surface area contributed by atoms with Crippen molar-refractivity contribution in [1.82, 2.24) is 0 Å². The first-order valence-corrected chi connectivity index (χ1v) is 5.03. The number of aliphatic hydroxyl groups is 1. The predicted molar refractivity (Wildman–Crippen MR) is 47.6 cm³/mol. The van der Waals surface area contributed by atoms with E-state index in [2.05, 4.69) is 0 Å². The fourth-order valence-electron chi connectivity index (χ4n) is 1.95. The molecule has 0 aromatic heterocycles. The fraction of sp³-hybridized carbons (Fsp3) is 1.00. The zero-order valence-electron chi connectivity index (χ0n) is 8.84. The van der Waals surface area contributed by atoms with Crippen LogP contribution in [0.5, 0.6) is 0 Å². The highest BCUT2D eigenvalue weighted by Gasteiger charge is 2.42. The number of halogens is 3. The summed E-state index contributed by atoms with van der Waals surface area (Å²) in [7, 11) is 0. The lowest BCUT2D eigenvalue weighted by Crippen LogP contribution is -3.16. The predicted octanol–water partition coefficient (Wildman–Crippen LogP) is -0.398. The van der Waals surface area contributed by atoms with Crippen LogP contribution < -0.4 is 4.90 Å². The normalized spacial score (nSPS) is 35.2. The van der Waals surface area contributed by atoms with Gasteiger partial charge in [-0.25, -0.2) is 0 Å². The van der Waals surface area contributed by atoms with Crippen molar-refractivity contribution in [3.63, 3.8) is 0 Å². The van der Waals surface area contributed by atoms with Crippen molar-refractivity contribution in [2.24, 2.45) is 0 Å². The lowest BCUT2D eigenvalue weighted by atomic mass is 10.2. The van der Waals surface area contributed by atoms with E-state index in [4.69, 9.17) is 9.84 Å². The molecule has 0 aliphatic carbocycles. The highest BCUT2D eigenvalue weighted by Crippen LogP contribution is 2.18. The maximum atomic E-state index is 12.1. The van der Waals surface area contributed by atoms with Crippen LogP contribution in [0, 0.1) is 0 Å². The van der Waals surface area contributed by atoms with Gasteiger partial charge in [-0.05, 0) is 13.8 Å². The summed E-state index contributed by atoms with van der Waals surface area (Å²) in [6.45, 7) is 4.39. The molecule has 90 valence electrons. The second-order valence-electron chi connectivity index (χ2n) is 4.18. The Hall–Kier alpha value is -0.330. The monoisotopic (exact) mass is 228 g/mol. The average molecular weight is 228 g/mol. The summed E-state index contributed by atoms with van der Waals surface area (Å²) >= 11 is 0. The first kappa shape index (κ1) is 12.7. The Bertz CT molecular complexity index is 200. The number of alkyl halides is 3. The Morgan fingerprint density at radius 3 is 2.20 bits per heavy atom. The van der Waals surface area contributed by atoms with Crippen LogP contribution in [0.25, 0.3) is 0 Å². The van der Waals surface area contributed by atoms with E-state index in [1.165, 1.54) is 0 Å². The van der Waals surface area contributed by atoms with Crippen LogP contribution in [0.1, 0.15) is 13.8 Å². The first-order valence-electron chi connectivity index (χ1n) is 5.03. The molecule has 1 heterocycles. The molecule has 1 saturated heterocycles. The van der Waals surface area contributed by atoms with E-state index < -0.39 is 12.3 Å². The Morgan fingerprint density at radius 1 is 1.33 bits per heavy atom. The molecule has 3 nitrogen and oxygen atoms in total. The lowest BCUT2D eigenvalue weighted by Gasteiger charge is -2.33. The molecule has 0 radical (unpaired) electrons. The zero-order valence-corrected chi connectivity index (χ0v) is 8.84. The molecule has 1 fully saturated rings. The van der Waals surface area contributed by atoms with E-state index in [0.29, 0.717) is 13.1 Å². The van der Waals surface area contributed by atoms with Crippen molar-refractivity contribution in [1.29, 1.82) is 0 Å². The van der Waals surface area contributed by atoms with Gasteiger partial charge in [0.1, 0.15) is 31.8 Å². The minimum atomic E-state index is -4.52. The number of hydrogen-bond acceptors (Lipinski definition) is 2.